The molecule has 1 N–H and O–H groups in total. The van der Waals surface area contributed by atoms with Gasteiger partial charge in [0.2, 0.25) is 0 Å². The molecule has 0 saturated carbocycles. The monoisotopic (exact) mass is 394 g/mol. The number of hydrogen-bond acceptors (Lipinski definition) is 5. The van der Waals surface area contributed by atoms with Gasteiger partial charge >= 0.3 is 5.97 Å². The number of aliphatic carboxylic acids is 1. The van der Waals surface area contributed by atoms with E-state index in [9.17, 15) is 10.1 Å². The SMILES string of the molecule is CC(C)Oc1ccc(COc2ccc3c(c2)CCN(CCC(=O)O)C3)cc1C#N. The van der Waals surface area contributed by atoms with Gasteiger partial charge in [-0.1, -0.05) is 12.1 Å². The first-order valence-corrected chi connectivity index (χ1v) is 9.83. The van der Waals surface area contributed by atoms with Gasteiger partial charge in [0.1, 0.15) is 24.2 Å². The highest BCUT2D eigenvalue weighted by molar-refractivity contribution is 5.66. The molecule has 0 aromatic heterocycles. The predicted octanol–water partition coefficient (Wildman–Crippen LogP) is 3.76. The predicted molar refractivity (Wildman–Crippen MR) is 109 cm³/mol. The molecular weight excluding hydrogens is 368 g/mol. The molecule has 0 unspecified atom stereocenters. The van der Waals surface area contributed by atoms with Crippen LogP contribution >= 0.6 is 0 Å². The summed E-state index contributed by atoms with van der Waals surface area (Å²) >= 11 is 0. The molecule has 0 atom stereocenters. The maximum absolute atomic E-state index is 10.8. The normalized spacial score (nSPS) is 13.6. The molecule has 1 aliphatic rings. The van der Waals surface area contributed by atoms with Crippen LogP contribution in [0.4, 0.5) is 0 Å². The fourth-order valence-corrected chi connectivity index (χ4v) is 3.40. The van der Waals surface area contributed by atoms with Crippen molar-refractivity contribution in [1.29, 1.82) is 5.26 Å². The van der Waals surface area contributed by atoms with Gasteiger partial charge in [0.05, 0.1) is 18.1 Å². The number of carbonyl (C=O) groups is 1. The number of benzene rings is 2. The van der Waals surface area contributed by atoms with E-state index in [2.05, 4.69) is 23.1 Å². The maximum Gasteiger partial charge on any atom is 0.304 e. The molecule has 0 spiro atoms. The first kappa shape index (κ1) is 20.7. The Morgan fingerprint density at radius 1 is 1.24 bits per heavy atom. The van der Waals surface area contributed by atoms with E-state index in [0.29, 0.717) is 24.5 Å². The highest BCUT2D eigenvalue weighted by Gasteiger charge is 2.17. The lowest BCUT2D eigenvalue weighted by Crippen LogP contribution is -2.32. The third-order valence-corrected chi connectivity index (χ3v) is 4.84. The Morgan fingerprint density at radius 3 is 2.79 bits per heavy atom. The topological polar surface area (TPSA) is 82.8 Å². The fourth-order valence-electron chi connectivity index (χ4n) is 3.40. The Labute approximate surface area is 171 Å². The summed E-state index contributed by atoms with van der Waals surface area (Å²) in [4.78, 5) is 12.9. The molecule has 1 aliphatic heterocycles. The minimum absolute atomic E-state index is 0.0137. The van der Waals surface area contributed by atoms with Crippen LogP contribution in [-0.4, -0.2) is 35.2 Å². The Hall–Kier alpha value is -3.04. The number of nitriles is 1. The zero-order valence-electron chi connectivity index (χ0n) is 16.9. The van der Waals surface area contributed by atoms with Gasteiger partial charge in [-0.15, -0.1) is 0 Å². The number of hydrogen-bond donors (Lipinski definition) is 1. The lowest BCUT2D eigenvalue weighted by Gasteiger charge is -2.28. The van der Waals surface area contributed by atoms with Gasteiger partial charge < -0.3 is 14.6 Å². The van der Waals surface area contributed by atoms with E-state index in [-0.39, 0.29) is 12.5 Å². The molecule has 0 amide bonds. The lowest BCUT2D eigenvalue weighted by atomic mass is 9.99. The Morgan fingerprint density at radius 2 is 2.07 bits per heavy atom. The van der Waals surface area contributed by atoms with Crippen LogP contribution < -0.4 is 9.47 Å². The van der Waals surface area contributed by atoms with Crippen molar-refractivity contribution in [2.75, 3.05) is 13.1 Å². The zero-order valence-corrected chi connectivity index (χ0v) is 16.9. The second-order valence-electron chi connectivity index (χ2n) is 7.50. The second kappa shape index (κ2) is 9.44. The molecule has 0 bridgehead atoms. The van der Waals surface area contributed by atoms with Gasteiger partial charge in [-0.05, 0) is 61.2 Å². The Kier molecular flexibility index (Phi) is 6.73. The van der Waals surface area contributed by atoms with Crippen LogP contribution in [0.25, 0.3) is 0 Å². The summed E-state index contributed by atoms with van der Waals surface area (Å²) in [5.74, 6) is 0.624. The maximum atomic E-state index is 10.8. The van der Waals surface area contributed by atoms with Gasteiger partial charge in [-0.3, -0.25) is 9.69 Å². The van der Waals surface area contributed by atoms with Crippen LogP contribution in [0.3, 0.4) is 0 Å². The lowest BCUT2D eigenvalue weighted by molar-refractivity contribution is -0.137. The smallest absolute Gasteiger partial charge is 0.304 e. The molecule has 6 nitrogen and oxygen atoms in total. The van der Waals surface area contributed by atoms with E-state index in [1.807, 2.05) is 32.0 Å². The molecule has 0 radical (unpaired) electrons. The van der Waals surface area contributed by atoms with Crippen molar-refractivity contribution in [3.05, 3.63) is 58.7 Å². The van der Waals surface area contributed by atoms with Crippen LogP contribution in [0.5, 0.6) is 11.5 Å². The van der Waals surface area contributed by atoms with Crippen LogP contribution in [0.2, 0.25) is 0 Å². The van der Waals surface area contributed by atoms with Crippen molar-refractivity contribution in [2.24, 2.45) is 0 Å². The number of rotatable bonds is 8. The second-order valence-corrected chi connectivity index (χ2v) is 7.50. The summed E-state index contributed by atoms with van der Waals surface area (Å²) in [6, 6.07) is 13.8. The fraction of sp³-hybridized carbons (Fsp3) is 0.391. The number of ether oxygens (including phenoxy) is 2. The first-order chi connectivity index (χ1) is 13.9. The number of carboxylic acids is 1. The van der Waals surface area contributed by atoms with Crippen molar-refractivity contribution >= 4 is 5.97 Å². The molecule has 2 aromatic rings. The van der Waals surface area contributed by atoms with Gasteiger partial charge in [0.15, 0.2) is 0 Å². The van der Waals surface area contributed by atoms with E-state index in [0.717, 1.165) is 30.8 Å². The molecule has 6 heteroatoms. The molecule has 2 aromatic carbocycles. The van der Waals surface area contributed by atoms with Crippen molar-refractivity contribution < 1.29 is 19.4 Å². The number of carboxylic acid groups (broad SMARTS) is 1. The molecule has 1 heterocycles. The van der Waals surface area contributed by atoms with Gasteiger partial charge in [-0.25, -0.2) is 0 Å². The molecule has 0 fully saturated rings. The summed E-state index contributed by atoms with van der Waals surface area (Å²) in [7, 11) is 0. The largest absolute Gasteiger partial charge is 0.490 e. The van der Waals surface area contributed by atoms with Crippen LogP contribution in [0.1, 0.15) is 42.5 Å². The van der Waals surface area contributed by atoms with E-state index < -0.39 is 5.97 Å². The highest BCUT2D eigenvalue weighted by atomic mass is 16.5. The van der Waals surface area contributed by atoms with Crippen LogP contribution in [-0.2, 0) is 24.4 Å². The third-order valence-electron chi connectivity index (χ3n) is 4.84. The summed E-state index contributed by atoms with van der Waals surface area (Å²) < 4.78 is 11.6. The Balaban J connectivity index is 1.61. The van der Waals surface area contributed by atoms with E-state index in [1.54, 1.807) is 6.07 Å². The summed E-state index contributed by atoms with van der Waals surface area (Å²) in [5, 5.41) is 18.2. The van der Waals surface area contributed by atoms with E-state index >= 15 is 0 Å². The quantitative estimate of drug-likeness (QED) is 0.734. The van der Waals surface area contributed by atoms with Gasteiger partial charge in [-0.2, -0.15) is 5.26 Å². The van der Waals surface area contributed by atoms with E-state index in [1.165, 1.54) is 11.1 Å². The van der Waals surface area contributed by atoms with Crippen LogP contribution in [0, 0.1) is 11.3 Å². The number of nitrogens with zero attached hydrogens (tertiary/aromatic N) is 2. The minimum Gasteiger partial charge on any atom is -0.490 e. The van der Waals surface area contributed by atoms with Gasteiger partial charge in [0.25, 0.3) is 0 Å². The van der Waals surface area contributed by atoms with Crippen molar-refractivity contribution in [2.45, 2.75) is 45.9 Å². The molecular formula is C23H26N2O4. The molecule has 152 valence electrons. The van der Waals surface area contributed by atoms with Crippen molar-refractivity contribution in [3.63, 3.8) is 0 Å². The third kappa shape index (κ3) is 5.72. The highest BCUT2D eigenvalue weighted by Crippen LogP contribution is 2.26. The van der Waals surface area contributed by atoms with Crippen molar-refractivity contribution in [1.82, 2.24) is 4.90 Å². The first-order valence-electron chi connectivity index (χ1n) is 9.83. The minimum atomic E-state index is -0.761. The standard InChI is InChI=1S/C23H26N2O4/c1-16(2)29-22-6-3-17(11-20(22)13-24)15-28-21-5-4-19-14-25(10-8-23(26)27)9-7-18(19)12-21/h3-6,11-12,16H,7-10,14-15H2,1-2H3,(H,26,27). The molecule has 3 rings (SSSR count). The zero-order chi connectivity index (χ0) is 20.8. The molecule has 0 saturated heterocycles. The molecule has 0 aliphatic carbocycles. The van der Waals surface area contributed by atoms with Crippen molar-refractivity contribution in [3.8, 4) is 17.6 Å². The Bertz CT molecular complexity index is 918. The summed E-state index contributed by atoms with van der Waals surface area (Å²) in [6.45, 7) is 6.43. The summed E-state index contributed by atoms with van der Waals surface area (Å²) in [6.07, 6.45) is 1.06. The average Bonchev–Trinajstić information content (AvgIpc) is 2.70. The summed E-state index contributed by atoms with van der Waals surface area (Å²) in [5.41, 5.74) is 3.88. The van der Waals surface area contributed by atoms with Crippen LogP contribution in [0.15, 0.2) is 36.4 Å². The van der Waals surface area contributed by atoms with E-state index in [4.69, 9.17) is 14.6 Å². The van der Waals surface area contributed by atoms with Gasteiger partial charge in [0, 0.05) is 19.6 Å². The molecule has 29 heavy (non-hydrogen) atoms. The number of fused-ring (bicyclic) bond motifs is 1. The average molecular weight is 394 g/mol.